The second kappa shape index (κ2) is 8.30. The van der Waals surface area contributed by atoms with Gasteiger partial charge in [-0.15, -0.1) is 0 Å². The summed E-state index contributed by atoms with van der Waals surface area (Å²) in [6.07, 6.45) is 2.22. The molecule has 0 N–H and O–H groups in total. The Hall–Kier alpha value is -2.16. The molecule has 0 unspecified atom stereocenters. The van der Waals surface area contributed by atoms with Crippen molar-refractivity contribution in [3.8, 4) is 5.75 Å². The maximum atomic E-state index is 12.8. The summed E-state index contributed by atoms with van der Waals surface area (Å²) in [6.45, 7) is 0.489. The molecule has 0 aliphatic carbocycles. The van der Waals surface area contributed by atoms with Gasteiger partial charge in [-0.3, -0.25) is 9.69 Å². The van der Waals surface area contributed by atoms with Gasteiger partial charge in [0.2, 0.25) is 0 Å². The van der Waals surface area contributed by atoms with Crippen molar-refractivity contribution in [2.45, 2.75) is 19.1 Å². The van der Waals surface area contributed by atoms with E-state index in [-0.39, 0.29) is 23.5 Å². The van der Waals surface area contributed by atoms with Crippen LogP contribution in [0.4, 0.5) is 0 Å². The first-order valence-electron chi connectivity index (χ1n) is 9.15. The predicted molar refractivity (Wildman–Crippen MR) is 119 cm³/mol. The molecule has 2 aromatic rings. The van der Waals surface area contributed by atoms with Crippen LogP contribution in [0.1, 0.15) is 17.5 Å². The van der Waals surface area contributed by atoms with Gasteiger partial charge in [0.05, 0.1) is 22.5 Å². The Morgan fingerprint density at radius 1 is 1.14 bits per heavy atom. The number of ether oxygens (including phenoxy) is 1. The lowest BCUT2D eigenvalue weighted by molar-refractivity contribution is -0.123. The summed E-state index contributed by atoms with van der Waals surface area (Å²) >= 11 is 6.55. The third-order valence-electron chi connectivity index (χ3n) is 4.82. The molecule has 0 saturated carbocycles. The fourth-order valence-corrected chi connectivity index (χ4v) is 6.43. The van der Waals surface area contributed by atoms with E-state index in [4.69, 9.17) is 17.0 Å². The number of nitrogens with zero attached hydrogens (tertiary/aromatic N) is 1. The van der Waals surface area contributed by atoms with E-state index in [1.54, 1.807) is 6.08 Å². The van der Waals surface area contributed by atoms with E-state index in [1.165, 1.54) is 16.7 Å². The third-order valence-corrected chi connectivity index (χ3v) is 7.90. The number of rotatable bonds is 5. The summed E-state index contributed by atoms with van der Waals surface area (Å²) in [7, 11) is -3.08. The Bertz CT molecular complexity index is 1060. The average molecular weight is 446 g/mol. The summed E-state index contributed by atoms with van der Waals surface area (Å²) in [5, 5.41) is 0. The van der Waals surface area contributed by atoms with Crippen molar-refractivity contribution in [3.63, 3.8) is 0 Å². The van der Waals surface area contributed by atoms with E-state index in [0.717, 1.165) is 16.9 Å². The lowest BCUT2D eigenvalue weighted by atomic mass is 10.2. The summed E-state index contributed by atoms with van der Waals surface area (Å²) in [5.41, 5.74) is 1.95. The Labute approximate surface area is 179 Å². The third kappa shape index (κ3) is 4.71. The Kier molecular flexibility index (Phi) is 5.76. The smallest absolute Gasteiger partial charge is 0.266 e. The molecule has 8 heteroatoms. The Morgan fingerprint density at radius 2 is 1.86 bits per heavy atom. The minimum absolute atomic E-state index is 0.0137. The van der Waals surface area contributed by atoms with Gasteiger partial charge in [-0.05, 0) is 35.8 Å². The minimum Gasteiger partial charge on any atom is -0.489 e. The SMILES string of the molecule is O=C1/C(=C\c2ccc(OCc3ccccc3)cc2)SC(=S)N1[C@H]1CCS(=O)(=O)C1. The number of amides is 1. The molecule has 0 bridgehead atoms. The van der Waals surface area contributed by atoms with Crippen molar-refractivity contribution in [2.75, 3.05) is 11.5 Å². The van der Waals surface area contributed by atoms with Crippen LogP contribution in [0.5, 0.6) is 5.75 Å². The molecule has 2 heterocycles. The molecule has 2 aliphatic rings. The number of thioether (sulfide) groups is 1. The van der Waals surface area contributed by atoms with Gasteiger partial charge in [0.15, 0.2) is 9.84 Å². The zero-order chi connectivity index (χ0) is 20.4. The molecule has 1 amide bonds. The van der Waals surface area contributed by atoms with Crippen LogP contribution in [0.3, 0.4) is 0 Å². The topological polar surface area (TPSA) is 63.7 Å². The van der Waals surface area contributed by atoms with E-state index in [9.17, 15) is 13.2 Å². The van der Waals surface area contributed by atoms with Crippen LogP contribution in [-0.2, 0) is 21.2 Å². The molecule has 2 aromatic carbocycles. The van der Waals surface area contributed by atoms with E-state index in [2.05, 4.69) is 0 Å². The van der Waals surface area contributed by atoms with Crippen molar-refractivity contribution >= 4 is 50.1 Å². The van der Waals surface area contributed by atoms with Crippen LogP contribution in [0.15, 0.2) is 59.5 Å². The van der Waals surface area contributed by atoms with Crippen LogP contribution in [-0.4, -0.2) is 41.1 Å². The van der Waals surface area contributed by atoms with E-state index < -0.39 is 9.84 Å². The summed E-state index contributed by atoms with van der Waals surface area (Å²) < 4.78 is 29.7. The largest absolute Gasteiger partial charge is 0.489 e. The zero-order valence-electron chi connectivity index (χ0n) is 15.5. The minimum atomic E-state index is -3.08. The van der Waals surface area contributed by atoms with Gasteiger partial charge >= 0.3 is 0 Å². The number of carbonyl (C=O) groups excluding carboxylic acids is 1. The Morgan fingerprint density at radius 3 is 2.52 bits per heavy atom. The number of sulfone groups is 1. The van der Waals surface area contributed by atoms with Gasteiger partial charge < -0.3 is 4.74 Å². The van der Waals surface area contributed by atoms with Crippen molar-refractivity contribution in [2.24, 2.45) is 0 Å². The van der Waals surface area contributed by atoms with Crippen LogP contribution in [0, 0.1) is 0 Å². The maximum absolute atomic E-state index is 12.8. The standard InChI is InChI=1S/C21H19NO4S3/c23-20-19(28-21(27)22(20)17-10-11-29(24,25)14-17)12-15-6-8-18(9-7-15)26-13-16-4-2-1-3-5-16/h1-9,12,17H,10-11,13-14H2/b19-12+/t17-/m0/s1. The summed E-state index contributed by atoms with van der Waals surface area (Å²) in [5.74, 6) is 0.625. The molecule has 150 valence electrons. The highest BCUT2D eigenvalue weighted by Gasteiger charge is 2.42. The number of thiocarbonyl (C=S) groups is 1. The van der Waals surface area contributed by atoms with E-state index in [1.807, 2.05) is 54.6 Å². The lowest BCUT2D eigenvalue weighted by Gasteiger charge is -2.20. The molecule has 0 spiro atoms. The normalized spacial score (nSPS) is 22.4. The molecule has 1 atom stereocenters. The monoisotopic (exact) mass is 445 g/mol. The van der Waals surface area contributed by atoms with Gasteiger partial charge in [0.1, 0.15) is 16.7 Å². The van der Waals surface area contributed by atoms with Crippen molar-refractivity contribution in [1.82, 2.24) is 4.90 Å². The maximum Gasteiger partial charge on any atom is 0.266 e. The first kappa shape index (κ1) is 20.1. The van der Waals surface area contributed by atoms with E-state index in [0.29, 0.717) is 22.3 Å². The van der Waals surface area contributed by atoms with Crippen molar-refractivity contribution in [1.29, 1.82) is 0 Å². The second-order valence-electron chi connectivity index (χ2n) is 6.95. The molecule has 2 fully saturated rings. The highest BCUT2D eigenvalue weighted by atomic mass is 32.2. The lowest BCUT2D eigenvalue weighted by Crippen LogP contribution is -2.39. The first-order valence-corrected chi connectivity index (χ1v) is 12.2. The fourth-order valence-electron chi connectivity index (χ4n) is 3.33. The van der Waals surface area contributed by atoms with Crippen LogP contribution in [0.2, 0.25) is 0 Å². The number of benzene rings is 2. The van der Waals surface area contributed by atoms with Crippen molar-refractivity contribution < 1.29 is 17.9 Å². The number of hydrogen-bond acceptors (Lipinski definition) is 6. The van der Waals surface area contributed by atoms with Crippen molar-refractivity contribution in [3.05, 3.63) is 70.6 Å². The van der Waals surface area contributed by atoms with Gasteiger partial charge in [-0.1, -0.05) is 66.4 Å². The van der Waals surface area contributed by atoms with E-state index >= 15 is 0 Å². The molecule has 5 nitrogen and oxygen atoms in total. The Balaban J connectivity index is 1.42. The number of hydrogen-bond donors (Lipinski definition) is 0. The molecule has 2 saturated heterocycles. The molecule has 0 radical (unpaired) electrons. The van der Waals surface area contributed by atoms with Crippen LogP contribution < -0.4 is 4.74 Å². The van der Waals surface area contributed by atoms with Gasteiger partial charge in [-0.25, -0.2) is 8.42 Å². The quantitative estimate of drug-likeness (QED) is 0.517. The highest BCUT2D eigenvalue weighted by molar-refractivity contribution is 8.26. The van der Waals surface area contributed by atoms with Crippen LogP contribution >= 0.6 is 24.0 Å². The zero-order valence-corrected chi connectivity index (χ0v) is 17.9. The predicted octanol–water partition coefficient (Wildman–Crippen LogP) is 3.65. The van der Waals surface area contributed by atoms with Crippen LogP contribution in [0.25, 0.3) is 6.08 Å². The molecule has 29 heavy (non-hydrogen) atoms. The summed E-state index contributed by atoms with van der Waals surface area (Å²) in [4.78, 5) is 14.8. The second-order valence-corrected chi connectivity index (χ2v) is 10.9. The average Bonchev–Trinajstić information content (AvgIpc) is 3.20. The molecular formula is C21H19NO4S3. The van der Waals surface area contributed by atoms with Gasteiger partial charge in [-0.2, -0.15) is 0 Å². The molecule has 2 aliphatic heterocycles. The molecule has 4 rings (SSSR count). The number of carbonyl (C=O) groups is 1. The highest BCUT2D eigenvalue weighted by Crippen LogP contribution is 2.36. The molecule has 0 aromatic heterocycles. The first-order chi connectivity index (χ1) is 13.9. The van der Waals surface area contributed by atoms with Gasteiger partial charge in [0.25, 0.3) is 5.91 Å². The molecular weight excluding hydrogens is 426 g/mol. The summed E-state index contributed by atoms with van der Waals surface area (Å²) in [6, 6.07) is 17.0. The van der Waals surface area contributed by atoms with Gasteiger partial charge in [0, 0.05) is 0 Å². The fraction of sp³-hybridized carbons (Fsp3) is 0.238.